The van der Waals surface area contributed by atoms with Crippen molar-refractivity contribution in [3.8, 4) is 0 Å². The van der Waals surface area contributed by atoms with Gasteiger partial charge in [0.1, 0.15) is 18.2 Å². The summed E-state index contributed by atoms with van der Waals surface area (Å²) in [7, 11) is -4.11. The maximum atomic E-state index is 12.8. The van der Waals surface area contributed by atoms with E-state index in [1.165, 1.54) is 47.1 Å². The van der Waals surface area contributed by atoms with E-state index in [4.69, 9.17) is 16.6 Å². The summed E-state index contributed by atoms with van der Waals surface area (Å²) in [5.41, 5.74) is 3.35. The third kappa shape index (κ3) is 5.69. The number of aryl methyl sites for hydroxylation is 1. The van der Waals surface area contributed by atoms with Crippen LogP contribution in [0.5, 0.6) is 0 Å². The number of anilines is 2. The number of hydrogen-bond donors (Lipinski definition) is 3. The van der Waals surface area contributed by atoms with Crippen molar-refractivity contribution in [2.24, 2.45) is 0 Å². The van der Waals surface area contributed by atoms with Crippen molar-refractivity contribution in [2.45, 2.75) is 49.1 Å². The molecule has 0 spiro atoms. The van der Waals surface area contributed by atoms with Crippen LogP contribution in [0.15, 0.2) is 53.9 Å². The van der Waals surface area contributed by atoms with Gasteiger partial charge in [-0.3, -0.25) is 4.79 Å². The van der Waals surface area contributed by atoms with E-state index in [9.17, 15) is 18.3 Å². The van der Waals surface area contributed by atoms with Gasteiger partial charge in [0.15, 0.2) is 17.0 Å². The quantitative estimate of drug-likeness (QED) is 0.276. The molecule has 214 valence electrons. The first-order valence-corrected chi connectivity index (χ1v) is 15.3. The predicted molar refractivity (Wildman–Crippen MR) is 154 cm³/mol. The molecule has 3 aromatic heterocycles. The Hall–Kier alpha value is -3.81. The summed E-state index contributed by atoms with van der Waals surface area (Å²) in [6.45, 7) is 2.26. The van der Waals surface area contributed by atoms with Gasteiger partial charge in [-0.05, 0) is 61.6 Å². The van der Waals surface area contributed by atoms with Crippen LogP contribution in [0.25, 0.3) is 11.2 Å². The minimum atomic E-state index is -4.11. The van der Waals surface area contributed by atoms with Gasteiger partial charge in [-0.2, -0.15) is 4.72 Å². The van der Waals surface area contributed by atoms with Gasteiger partial charge < -0.3 is 19.9 Å². The summed E-state index contributed by atoms with van der Waals surface area (Å²) in [5.74, 6) is 0.696. The van der Waals surface area contributed by atoms with Gasteiger partial charge in [0.25, 0.3) is 0 Å². The lowest BCUT2D eigenvalue weighted by Crippen LogP contribution is -2.43. The average molecular weight is 597 g/mol. The van der Waals surface area contributed by atoms with Gasteiger partial charge in [0.05, 0.1) is 17.8 Å². The normalized spacial score (nSPS) is 16.8. The molecule has 0 radical (unpaired) electrons. The summed E-state index contributed by atoms with van der Waals surface area (Å²) >= 11 is 5.86. The lowest BCUT2D eigenvalue weighted by molar-refractivity contribution is -0.139. The molecule has 1 atom stereocenters. The lowest BCUT2D eigenvalue weighted by atomic mass is 9.92. The first-order chi connectivity index (χ1) is 19.8. The predicted octanol–water partition coefficient (Wildman–Crippen LogP) is 3.05. The number of piperidine rings is 1. The Morgan fingerprint density at radius 3 is 2.66 bits per heavy atom. The summed E-state index contributed by atoms with van der Waals surface area (Å²) in [6, 6.07) is 8.37. The van der Waals surface area contributed by atoms with Gasteiger partial charge in [-0.1, -0.05) is 17.7 Å². The van der Waals surface area contributed by atoms with Crippen molar-refractivity contribution in [3.05, 3.63) is 65.3 Å². The first-order valence-electron chi connectivity index (χ1n) is 13.4. The minimum absolute atomic E-state index is 0.0847. The fraction of sp³-hybridized carbons (Fsp3) is 0.370. The number of imidazole rings is 1. The van der Waals surface area contributed by atoms with Gasteiger partial charge >= 0.3 is 5.97 Å². The molecule has 0 aliphatic carbocycles. The highest BCUT2D eigenvalue weighted by molar-refractivity contribution is 7.89. The number of carboxylic acids is 1. The minimum Gasteiger partial charge on any atom is -0.480 e. The van der Waals surface area contributed by atoms with Crippen LogP contribution < -0.4 is 14.9 Å². The van der Waals surface area contributed by atoms with Crippen LogP contribution in [0.1, 0.15) is 36.4 Å². The number of pyridine rings is 1. The molecule has 12 nitrogen and oxygen atoms in total. The number of nitrogens with zero attached hydrogens (tertiary/aromatic N) is 6. The Balaban J connectivity index is 1.17. The average Bonchev–Trinajstić information content (AvgIpc) is 3.39. The van der Waals surface area contributed by atoms with Crippen LogP contribution in [0.2, 0.25) is 5.02 Å². The zero-order valence-electron chi connectivity index (χ0n) is 22.1. The zero-order valence-corrected chi connectivity index (χ0v) is 23.6. The molecule has 0 amide bonds. The topological polar surface area (TPSA) is 155 Å². The van der Waals surface area contributed by atoms with Crippen LogP contribution >= 0.6 is 11.6 Å². The fourth-order valence-corrected chi connectivity index (χ4v) is 6.73. The molecule has 1 fully saturated rings. The number of halogens is 1. The van der Waals surface area contributed by atoms with E-state index in [1.54, 1.807) is 0 Å². The lowest BCUT2D eigenvalue weighted by Gasteiger charge is -2.33. The van der Waals surface area contributed by atoms with E-state index in [1.807, 2.05) is 0 Å². The molecule has 0 unspecified atom stereocenters. The molecule has 14 heteroatoms. The van der Waals surface area contributed by atoms with Gasteiger partial charge in [-0.15, -0.1) is 0 Å². The molecule has 2 aliphatic rings. The van der Waals surface area contributed by atoms with Crippen LogP contribution in [-0.4, -0.2) is 69.7 Å². The Labute approximate surface area is 241 Å². The molecule has 0 bridgehead atoms. The highest BCUT2D eigenvalue weighted by Crippen LogP contribution is 2.33. The Kier molecular flexibility index (Phi) is 7.49. The number of aliphatic carboxylic acids is 1. The van der Waals surface area contributed by atoms with Crippen molar-refractivity contribution >= 4 is 50.4 Å². The molecular weight excluding hydrogens is 568 g/mol. The number of fused-ring (bicyclic) bond motifs is 2. The number of hydrogen-bond acceptors (Lipinski definition) is 9. The molecule has 41 heavy (non-hydrogen) atoms. The molecule has 4 aromatic rings. The number of rotatable bonds is 8. The standard InChI is InChI=1S/C27H29ClN8O4S/c28-19-4-6-20(7-5-19)41(39,40)34-22(27(37)38)14-36-16-32-23-25(30-15-31-26(23)36)35-12-9-17(10-13-35)21-8-3-18-2-1-11-29-24(18)33-21/h3-8,15-17,22,34H,1-2,9-14H2,(H,29,33)(H,37,38)/t22-/m0/s1. The van der Waals surface area contributed by atoms with Crippen molar-refractivity contribution in [2.75, 3.05) is 29.9 Å². The van der Waals surface area contributed by atoms with Crippen molar-refractivity contribution in [3.63, 3.8) is 0 Å². The second kappa shape index (κ2) is 11.2. The molecule has 1 saturated heterocycles. The maximum Gasteiger partial charge on any atom is 0.323 e. The van der Waals surface area contributed by atoms with Crippen molar-refractivity contribution in [1.82, 2.24) is 29.2 Å². The van der Waals surface area contributed by atoms with Gasteiger partial charge in [0.2, 0.25) is 10.0 Å². The fourth-order valence-electron chi connectivity index (χ4n) is 5.42. The third-order valence-corrected chi connectivity index (χ3v) is 9.35. The largest absolute Gasteiger partial charge is 0.480 e. The monoisotopic (exact) mass is 596 g/mol. The summed E-state index contributed by atoms with van der Waals surface area (Å²) in [5, 5.41) is 13.6. The highest BCUT2D eigenvalue weighted by atomic mass is 35.5. The Morgan fingerprint density at radius 2 is 1.90 bits per heavy atom. The molecular formula is C27H29ClN8O4S. The third-order valence-electron chi connectivity index (χ3n) is 7.61. The number of carbonyl (C=O) groups is 1. The van der Waals surface area contributed by atoms with Gasteiger partial charge in [0, 0.05) is 36.3 Å². The number of sulfonamides is 1. The van der Waals surface area contributed by atoms with Gasteiger partial charge in [-0.25, -0.2) is 28.4 Å². The van der Waals surface area contributed by atoms with Crippen LogP contribution in [0.3, 0.4) is 0 Å². The molecule has 5 heterocycles. The summed E-state index contributed by atoms with van der Waals surface area (Å²) in [6.07, 6.45) is 6.90. The number of nitrogens with one attached hydrogen (secondary N) is 2. The van der Waals surface area contributed by atoms with E-state index in [2.05, 4.69) is 42.0 Å². The molecule has 1 aromatic carbocycles. The van der Waals surface area contributed by atoms with E-state index in [-0.39, 0.29) is 11.4 Å². The summed E-state index contributed by atoms with van der Waals surface area (Å²) < 4.78 is 29.5. The zero-order chi connectivity index (χ0) is 28.6. The molecule has 2 aliphatic heterocycles. The van der Waals surface area contributed by atoms with E-state index in [0.29, 0.717) is 27.9 Å². The van der Waals surface area contributed by atoms with Crippen LogP contribution in [0.4, 0.5) is 11.6 Å². The summed E-state index contributed by atoms with van der Waals surface area (Å²) in [4.78, 5) is 32.3. The Morgan fingerprint density at radius 1 is 1.12 bits per heavy atom. The number of aromatic nitrogens is 5. The van der Waals surface area contributed by atoms with Crippen molar-refractivity contribution < 1.29 is 18.3 Å². The van der Waals surface area contributed by atoms with E-state index >= 15 is 0 Å². The second-order valence-electron chi connectivity index (χ2n) is 10.3. The first kappa shape index (κ1) is 27.4. The number of benzene rings is 1. The maximum absolute atomic E-state index is 12.8. The van der Waals surface area contributed by atoms with Crippen LogP contribution in [0, 0.1) is 0 Å². The highest BCUT2D eigenvalue weighted by Gasteiger charge is 2.29. The molecule has 6 rings (SSSR count). The number of carboxylic acid groups (broad SMARTS) is 1. The SMILES string of the molecule is O=C(O)[C@H](Cn1cnc2c(N3CCC(c4ccc5c(n4)NCCC5)CC3)ncnc21)NS(=O)(=O)c1ccc(Cl)cc1. The second-order valence-corrected chi connectivity index (χ2v) is 12.4. The van der Waals surface area contributed by atoms with Crippen LogP contribution in [-0.2, 0) is 27.8 Å². The van der Waals surface area contributed by atoms with E-state index < -0.39 is 22.0 Å². The Bertz CT molecular complexity index is 1690. The molecule has 3 N–H and O–H groups in total. The molecule has 0 saturated carbocycles. The van der Waals surface area contributed by atoms with Crippen molar-refractivity contribution in [1.29, 1.82) is 0 Å². The van der Waals surface area contributed by atoms with E-state index in [0.717, 1.165) is 56.8 Å². The smallest absolute Gasteiger partial charge is 0.323 e.